The molecule has 2 fully saturated rings. The third kappa shape index (κ3) is 5.42. The number of benzene rings is 2. The highest BCUT2D eigenvalue weighted by atomic mass is 32.2. The molecule has 2 aromatic carbocycles. The Morgan fingerprint density at radius 1 is 1.12 bits per heavy atom. The SMILES string of the molecule is N#Cc1ccccc1CN1C(=O)S/C(=C/c2ccc(OCC(=O)N3CCOCC3)cc2)C1=O. The quantitative estimate of drug-likeness (QED) is 0.607. The van der Waals surface area contributed by atoms with Crippen molar-refractivity contribution in [3.05, 3.63) is 70.1 Å². The average Bonchev–Trinajstić information content (AvgIpc) is 3.11. The molecule has 8 nitrogen and oxygen atoms in total. The van der Waals surface area contributed by atoms with Gasteiger partial charge in [-0.25, -0.2) is 0 Å². The first kappa shape index (κ1) is 22.6. The zero-order valence-electron chi connectivity index (χ0n) is 17.7. The summed E-state index contributed by atoms with van der Waals surface area (Å²) in [5.41, 5.74) is 1.78. The number of ether oxygens (including phenoxy) is 2. The molecule has 0 aromatic heterocycles. The summed E-state index contributed by atoms with van der Waals surface area (Å²) in [6.45, 7) is 2.21. The summed E-state index contributed by atoms with van der Waals surface area (Å²) in [5.74, 6) is 0.0539. The molecule has 168 valence electrons. The maximum Gasteiger partial charge on any atom is 0.293 e. The maximum absolute atomic E-state index is 12.8. The van der Waals surface area contributed by atoms with E-state index in [1.165, 1.54) is 0 Å². The summed E-state index contributed by atoms with van der Waals surface area (Å²) < 4.78 is 10.8. The molecule has 2 aliphatic heterocycles. The van der Waals surface area contributed by atoms with Gasteiger partial charge in [-0.2, -0.15) is 5.26 Å². The number of nitrogens with zero attached hydrogens (tertiary/aromatic N) is 3. The molecule has 33 heavy (non-hydrogen) atoms. The highest BCUT2D eigenvalue weighted by Gasteiger charge is 2.35. The zero-order valence-corrected chi connectivity index (χ0v) is 18.5. The van der Waals surface area contributed by atoms with Gasteiger partial charge in [0.15, 0.2) is 6.61 Å². The second kappa shape index (κ2) is 10.3. The Bertz CT molecular complexity index is 1130. The molecule has 9 heteroatoms. The maximum atomic E-state index is 12.8. The van der Waals surface area contributed by atoms with Crippen LogP contribution in [0.25, 0.3) is 6.08 Å². The van der Waals surface area contributed by atoms with E-state index in [4.69, 9.17) is 9.47 Å². The summed E-state index contributed by atoms with van der Waals surface area (Å²) in [4.78, 5) is 40.5. The molecule has 2 heterocycles. The van der Waals surface area contributed by atoms with Crippen molar-refractivity contribution in [2.75, 3.05) is 32.9 Å². The first-order chi connectivity index (χ1) is 16.0. The standard InChI is InChI=1S/C24H21N3O5S/c25-14-18-3-1-2-4-19(18)15-27-23(29)21(33-24(27)30)13-17-5-7-20(8-6-17)32-16-22(28)26-9-11-31-12-10-26/h1-8,13H,9-12,15-16H2/b21-13+. The van der Waals surface area contributed by atoms with E-state index in [1.54, 1.807) is 59.5 Å². The Hall–Kier alpha value is -3.61. The van der Waals surface area contributed by atoms with E-state index in [0.717, 1.165) is 22.2 Å². The Balaban J connectivity index is 1.37. The number of rotatable bonds is 6. The lowest BCUT2D eigenvalue weighted by atomic mass is 10.1. The van der Waals surface area contributed by atoms with Crippen molar-refractivity contribution in [3.8, 4) is 11.8 Å². The fourth-order valence-corrected chi connectivity index (χ4v) is 4.27. The van der Waals surface area contributed by atoms with Crippen LogP contribution in [0.3, 0.4) is 0 Å². The van der Waals surface area contributed by atoms with E-state index in [0.29, 0.717) is 48.1 Å². The van der Waals surface area contributed by atoms with Crippen molar-refractivity contribution in [1.82, 2.24) is 9.80 Å². The Morgan fingerprint density at radius 2 is 1.85 bits per heavy atom. The van der Waals surface area contributed by atoms with Crippen LogP contribution in [0.2, 0.25) is 0 Å². The van der Waals surface area contributed by atoms with Gasteiger partial charge >= 0.3 is 0 Å². The molecule has 2 aromatic rings. The van der Waals surface area contributed by atoms with Crippen LogP contribution in [-0.2, 0) is 20.9 Å². The summed E-state index contributed by atoms with van der Waals surface area (Å²) in [6.07, 6.45) is 1.64. The van der Waals surface area contributed by atoms with E-state index in [1.807, 2.05) is 0 Å². The van der Waals surface area contributed by atoms with E-state index >= 15 is 0 Å². The van der Waals surface area contributed by atoms with Crippen molar-refractivity contribution in [1.29, 1.82) is 5.26 Å². The van der Waals surface area contributed by atoms with Crippen LogP contribution >= 0.6 is 11.8 Å². The molecule has 2 aliphatic rings. The number of imide groups is 1. The Morgan fingerprint density at radius 3 is 2.58 bits per heavy atom. The minimum Gasteiger partial charge on any atom is -0.484 e. The van der Waals surface area contributed by atoms with E-state index in [2.05, 4.69) is 6.07 Å². The number of hydrogen-bond acceptors (Lipinski definition) is 7. The summed E-state index contributed by atoms with van der Waals surface area (Å²) in [5, 5.41) is 8.86. The number of thioether (sulfide) groups is 1. The molecule has 0 N–H and O–H groups in total. The fourth-order valence-electron chi connectivity index (χ4n) is 3.43. The Kier molecular flexibility index (Phi) is 7.07. The minimum absolute atomic E-state index is 0.0513. The molecule has 0 atom stereocenters. The van der Waals surface area contributed by atoms with Gasteiger partial charge in [0.2, 0.25) is 0 Å². The molecule has 0 unspecified atom stereocenters. The normalized spacial score (nSPS) is 17.4. The van der Waals surface area contributed by atoms with Crippen LogP contribution in [0.15, 0.2) is 53.4 Å². The van der Waals surface area contributed by atoms with Gasteiger partial charge in [-0.15, -0.1) is 0 Å². The number of carbonyl (C=O) groups excluding carboxylic acids is 3. The van der Waals surface area contributed by atoms with E-state index < -0.39 is 5.91 Å². The van der Waals surface area contributed by atoms with Gasteiger partial charge in [0.25, 0.3) is 17.1 Å². The molecule has 0 radical (unpaired) electrons. The van der Waals surface area contributed by atoms with Crippen molar-refractivity contribution in [2.45, 2.75) is 6.54 Å². The average molecular weight is 464 g/mol. The zero-order chi connectivity index (χ0) is 23.2. The molecule has 2 saturated heterocycles. The van der Waals surface area contributed by atoms with Crippen LogP contribution in [0, 0.1) is 11.3 Å². The van der Waals surface area contributed by atoms with E-state index in [9.17, 15) is 19.6 Å². The predicted octanol–water partition coefficient (Wildman–Crippen LogP) is 3.03. The van der Waals surface area contributed by atoms with Crippen LogP contribution in [-0.4, -0.2) is 59.8 Å². The Labute approximate surface area is 195 Å². The van der Waals surface area contributed by atoms with Gasteiger partial charge in [-0.05, 0) is 47.2 Å². The van der Waals surface area contributed by atoms with Crippen molar-refractivity contribution < 1.29 is 23.9 Å². The fraction of sp³-hybridized carbons (Fsp3) is 0.250. The molecule has 3 amide bonds. The molecule has 0 saturated carbocycles. The van der Waals surface area contributed by atoms with Crippen LogP contribution in [0.5, 0.6) is 5.75 Å². The van der Waals surface area contributed by atoms with Gasteiger partial charge in [0.1, 0.15) is 5.75 Å². The van der Waals surface area contributed by atoms with E-state index in [-0.39, 0.29) is 24.3 Å². The number of amides is 3. The van der Waals surface area contributed by atoms with Gasteiger partial charge in [0, 0.05) is 13.1 Å². The van der Waals surface area contributed by atoms with Crippen molar-refractivity contribution in [2.24, 2.45) is 0 Å². The van der Waals surface area contributed by atoms with Gasteiger partial charge in [-0.3, -0.25) is 19.3 Å². The lowest BCUT2D eigenvalue weighted by Crippen LogP contribution is -2.42. The van der Waals surface area contributed by atoms with Gasteiger partial charge in [-0.1, -0.05) is 30.3 Å². The number of nitriles is 1. The molecule has 4 rings (SSSR count). The second-order valence-corrected chi connectivity index (χ2v) is 8.38. The molecule has 0 spiro atoms. The predicted molar refractivity (Wildman–Crippen MR) is 122 cm³/mol. The lowest BCUT2D eigenvalue weighted by Gasteiger charge is -2.26. The first-order valence-corrected chi connectivity index (χ1v) is 11.2. The molecular weight excluding hydrogens is 442 g/mol. The summed E-state index contributed by atoms with van der Waals surface area (Å²) in [7, 11) is 0. The largest absolute Gasteiger partial charge is 0.484 e. The van der Waals surface area contributed by atoms with Crippen molar-refractivity contribution in [3.63, 3.8) is 0 Å². The first-order valence-electron chi connectivity index (χ1n) is 10.4. The lowest BCUT2D eigenvalue weighted by molar-refractivity contribution is -0.137. The monoisotopic (exact) mass is 463 g/mol. The highest BCUT2D eigenvalue weighted by Crippen LogP contribution is 2.33. The highest BCUT2D eigenvalue weighted by molar-refractivity contribution is 8.18. The second-order valence-electron chi connectivity index (χ2n) is 7.39. The van der Waals surface area contributed by atoms with Crippen LogP contribution in [0.1, 0.15) is 16.7 Å². The smallest absolute Gasteiger partial charge is 0.293 e. The van der Waals surface area contributed by atoms with Crippen molar-refractivity contribution >= 4 is 34.9 Å². The molecule has 0 aliphatic carbocycles. The summed E-state index contributed by atoms with van der Waals surface area (Å²) in [6, 6.07) is 15.9. The molecular formula is C24H21N3O5S. The third-order valence-electron chi connectivity index (χ3n) is 5.24. The van der Waals surface area contributed by atoms with Gasteiger partial charge < -0.3 is 14.4 Å². The third-order valence-corrected chi connectivity index (χ3v) is 6.15. The number of hydrogen-bond donors (Lipinski definition) is 0. The van der Waals surface area contributed by atoms with Crippen LogP contribution in [0.4, 0.5) is 4.79 Å². The number of morpholine rings is 1. The topological polar surface area (TPSA) is 99.9 Å². The minimum atomic E-state index is -0.394. The summed E-state index contributed by atoms with van der Waals surface area (Å²) >= 11 is 0.868. The van der Waals surface area contributed by atoms with Crippen LogP contribution < -0.4 is 4.74 Å². The number of carbonyl (C=O) groups is 3. The molecule has 0 bridgehead atoms. The van der Waals surface area contributed by atoms with Gasteiger partial charge in [0.05, 0.1) is 36.3 Å².